The van der Waals surface area contributed by atoms with Crippen LogP contribution in [0.5, 0.6) is 0 Å². The number of aliphatic carboxylic acids is 1. The van der Waals surface area contributed by atoms with Crippen LogP contribution in [0.4, 0.5) is 13.2 Å². The first-order valence-corrected chi connectivity index (χ1v) is 4.66. The highest BCUT2D eigenvalue weighted by Gasteiger charge is 2.32. The number of pyridine rings is 1. The van der Waals surface area contributed by atoms with Crippen molar-refractivity contribution >= 4 is 11.9 Å². The molecule has 0 aliphatic carbocycles. The van der Waals surface area contributed by atoms with Gasteiger partial charge in [0.05, 0.1) is 0 Å². The maximum Gasteiger partial charge on any atom is 0.431 e. The smallest absolute Gasteiger partial charge is 0.431 e. The van der Waals surface area contributed by atoms with E-state index in [4.69, 9.17) is 5.11 Å². The molecule has 0 atom stereocenters. The number of hydroxylamine groups is 1. The van der Waals surface area contributed by atoms with Gasteiger partial charge in [0.25, 0.3) is 11.5 Å². The van der Waals surface area contributed by atoms with E-state index in [1.54, 1.807) is 5.48 Å². The van der Waals surface area contributed by atoms with Gasteiger partial charge < -0.3 is 10.1 Å². The van der Waals surface area contributed by atoms with Gasteiger partial charge in [-0.1, -0.05) is 0 Å². The Labute approximate surface area is 103 Å². The molecule has 3 N–H and O–H groups in total. The molecule has 104 valence electrons. The number of carboxylic acid groups (broad SMARTS) is 1. The van der Waals surface area contributed by atoms with Gasteiger partial charge in [-0.25, -0.2) is 10.3 Å². The van der Waals surface area contributed by atoms with E-state index in [-0.39, 0.29) is 0 Å². The van der Waals surface area contributed by atoms with Crippen molar-refractivity contribution < 1.29 is 32.7 Å². The van der Waals surface area contributed by atoms with Crippen molar-refractivity contribution in [3.05, 3.63) is 33.7 Å². The van der Waals surface area contributed by atoms with Crippen molar-refractivity contribution in [1.29, 1.82) is 0 Å². The molecule has 0 radical (unpaired) electrons. The Morgan fingerprint density at radius 1 is 1.37 bits per heavy atom. The van der Waals surface area contributed by atoms with Crippen LogP contribution in [0.25, 0.3) is 0 Å². The van der Waals surface area contributed by atoms with Crippen LogP contribution >= 0.6 is 0 Å². The number of hydrogen-bond donors (Lipinski definition) is 3. The van der Waals surface area contributed by atoms with Gasteiger partial charge >= 0.3 is 12.1 Å². The predicted octanol–water partition coefficient (Wildman–Crippen LogP) is 0.140. The van der Waals surface area contributed by atoms with Crippen LogP contribution in [0, 0.1) is 0 Å². The van der Waals surface area contributed by atoms with E-state index in [2.05, 4.69) is 4.84 Å². The maximum atomic E-state index is 12.2. The number of aromatic nitrogens is 1. The van der Waals surface area contributed by atoms with E-state index in [0.29, 0.717) is 12.1 Å². The van der Waals surface area contributed by atoms with Gasteiger partial charge in [0.15, 0.2) is 6.61 Å². The number of hydrogen-bond acceptors (Lipinski definition) is 4. The average molecular weight is 280 g/mol. The van der Waals surface area contributed by atoms with E-state index in [1.807, 2.05) is 0 Å². The van der Waals surface area contributed by atoms with Crippen molar-refractivity contribution in [3.63, 3.8) is 0 Å². The topological polar surface area (TPSA) is 108 Å². The van der Waals surface area contributed by atoms with Crippen LogP contribution in [0.15, 0.2) is 16.9 Å². The summed E-state index contributed by atoms with van der Waals surface area (Å²) in [4.78, 5) is 38.3. The molecule has 0 spiro atoms. The summed E-state index contributed by atoms with van der Waals surface area (Å²) >= 11 is 0. The number of aromatic amines is 1. The van der Waals surface area contributed by atoms with Crippen molar-refractivity contribution in [2.45, 2.75) is 6.18 Å². The summed E-state index contributed by atoms with van der Waals surface area (Å²) in [5.41, 5.74) is -1.61. The summed E-state index contributed by atoms with van der Waals surface area (Å²) in [7, 11) is 0. The zero-order valence-corrected chi connectivity index (χ0v) is 9.08. The molecular formula is C9H7F3N2O5. The molecule has 0 aliphatic rings. The zero-order valence-electron chi connectivity index (χ0n) is 9.08. The molecule has 1 heterocycles. The van der Waals surface area contributed by atoms with Crippen molar-refractivity contribution in [1.82, 2.24) is 10.5 Å². The Bertz CT molecular complexity index is 552. The molecule has 0 saturated heterocycles. The van der Waals surface area contributed by atoms with Crippen LogP contribution in [0.2, 0.25) is 0 Å². The molecule has 0 saturated carbocycles. The number of amides is 1. The van der Waals surface area contributed by atoms with Crippen LogP contribution in [-0.4, -0.2) is 28.6 Å². The highest BCUT2D eigenvalue weighted by atomic mass is 19.4. The van der Waals surface area contributed by atoms with Crippen LogP contribution in [0.3, 0.4) is 0 Å². The molecule has 1 rings (SSSR count). The molecule has 0 fully saturated rings. The van der Waals surface area contributed by atoms with Gasteiger partial charge in [0.2, 0.25) is 0 Å². The van der Waals surface area contributed by atoms with E-state index >= 15 is 0 Å². The van der Waals surface area contributed by atoms with Gasteiger partial charge in [0, 0.05) is 0 Å². The summed E-state index contributed by atoms with van der Waals surface area (Å²) in [6.45, 7) is -0.857. The monoisotopic (exact) mass is 280 g/mol. The number of halogens is 3. The first-order chi connectivity index (χ1) is 8.71. The Balaban J connectivity index is 2.83. The molecule has 1 aromatic rings. The second-order valence-electron chi connectivity index (χ2n) is 3.23. The molecule has 1 aromatic heterocycles. The fourth-order valence-corrected chi connectivity index (χ4v) is 1.04. The molecule has 10 heteroatoms. The number of alkyl halides is 3. The lowest BCUT2D eigenvalue weighted by Crippen LogP contribution is -2.32. The molecule has 0 aromatic carbocycles. The number of H-pyrrole nitrogens is 1. The molecule has 0 unspecified atom stereocenters. The van der Waals surface area contributed by atoms with Crippen molar-refractivity contribution in [3.8, 4) is 0 Å². The Morgan fingerprint density at radius 3 is 2.47 bits per heavy atom. The standard InChI is InChI=1S/C9H7F3N2O5/c10-9(11,12)5-2-1-4(7(17)13-5)8(18)14-19-3-6(15)16/h1-2H,3H2,(H,13,17)(H,14,18)(H,15,16). The quantitative estimate of drug-likeness (QED) is 0.680. The van der Waals surface area contributed by atoms with Gasteiger partial charge in [-0.2, -0.15) is 13.2 Å². The highest BCUT2D eigenvalue weighted by molar-refractivity contribution is 5.93. The van der Waals surface area contributed by atoms with Crippen LogP contribution in [0.1, 0.15) is 16.1 Å². The number of carbonyl (C=O) groups is 2. The van der Waals surface area contributed by atoms with Gasteiger partial charge in [-0.3, -0.25) is 14.4 Å². The third-order valence-corrected chi connectivity index (χ3v) is 1.82. The van der Waals surface area contributed by atoms with Crippen molar-refractivity contribution in [2.24, 2.45) is 0 Å². The van der Waals surface area contributed by atoms with Gasteiger partial charge in [-0.15, -0.1) is 0 Å². The highest BCUT2D eigenvalue weighted by Crippen LogP contribution is 2.26. The number of nitrogens with one attached hydrogen (secondary N) is 2. The lowest BCUT2D eigenvalue weighted by molar-refractivity contribution is -0.144. The largest absolute Gasteiger partial charge is 0.479 e. The van der Waals surface area contributed by atoms with E-state index in [1.165, 1.54) is 4.98 Å². The fraction of sp³-hybridized carbons (Fsp3) is 0.222. The van der Waals surface area contributed by atoms with E-state index < -0.39 is 41.5 Å². The lowest BCUT2D eigenvalue weighted by atomic mass is 10.2. The first-order valence-electron chi connectivity index (χ1n) is 4.66. The summed E-state index contributed by atoms with van der Waals surface area (Å²) < 4.78 is 36.7. The third-order valence-electron chi connectivity index (χ3n) is 1.82. The number of rotatable bonds is 4. The van der Waals surface area contributed by atoms with Gasteiger partial charge in [0.1, 0.15) is 11.3 Å². The Morgan fingerprint density at radius 2 is 2.00 bits per heavy atom. The minimum atomic E-state index is -4.74. The fourth-order valence-electron chi connectivity index (χ4n) is 1.04. The van der Waals surface area contributed by atoms with E-state index in [0.717, 1.165) is 0 Å². The zero-order chi connectivity index (χ0) is 14.6. The SMILES string of the molecule is O=C(O)CONC(=O)c1ccc(C(F)(F)F)[nH]c1=O. The molecule has 0 aliphatic heterocycles. The third kappa shape index (κ3) is 4.10. The van der Waals surface area contributed by atoms with Gasteiger partial charge in [-0.05, 0) is 12.1 Å². The lowest BCUT2D eigenvalue weighted by Gasteiger charge is -2.07. The summed E-state index contributed by atoms with van der Waals surface area (Å²) in [6, 6.07) is 1.16. The molecule has 1 amide bonds. The Hall–Kier alpha value is -2.36. The summed E-state index contributed by atoms with van der Waals surface area (Å²) in [5, 5.41) is 8.21. The molecule has 7 nitrogen and oxygen atoms in total. The average Bonchev–Trinajstić information content (AvgIpc) is 2.26. The molecule has 0 bridgehead atoms. The summed E-state index contributed by atoms with van der Waals surface area (Å²) in [6.07, 6.45) is -4.74. The second-order valence-corrected chi connectivity index (χ2v) is 3.23. The second kappa shape index (κ2) is 5.52. The predicted molar refractivity (Wildman–Crippen MR) is 53.1 cm³/mol. The Kier molecular flexibility index (Phi) is 4.27. The minimum absolute atomic E-state index is 0.507. The molecular weight excluding hydrogens is 273 g/mol. The van der Waals surface area contributed by atoms with Crippen LogP contribution < -0.4 is 11.0 Å². The van der Waals surface area contributed by atoms with Crippen molar-refractivity contribution in [2.75, 3.05) is 6.61 Å². The first kappa shape index (κ1) is 14.7. The number of carbonyl (C=O) groups excluding carboxylic acids is 1. The normalized spacial score (nSPS) is 11.1. The number of carboxylic acids is 1. The van der Waals surface area contributed by atoms with Crippen LogP contribution in [-0.2, 0) is 15.8 Å². The minimum Gasteiger partial charge on any atom is -0.479 e. The van der Waals surface area contributed by atoms with E-state index in [9.17, 15) is 27.6 Å². The molecule has 19 heavy (non-hydrogen) atoms. The summed E-state index contributed by atoms with van der Waals surface area (Å²) in [5.74, 6) is -2.53. The maximum absolute atomic E-state index is 12.2.